The highest BCUT2D eigenvalue weighted by atomic mass is 19.1. The number of para-hydroxylation sites is 1. The molecule has 102 valence electrons. The zero-order chi connectivity index (χ0) is 13.8. The minimum Gasteiger partial charge on any atom is -0.332 e. The second kappa shape index (κ2) is 5.82. The van der Waals surface area contributed by atoms with E-state index in [2.05, 4.69) is 5.32 Å². The van der Waals surface area contributed by atoms with E-state index in [4.69, 9.17) is 0 Å². The maximum atomic E-state index is 13.4. The Morgan fingerprint density at radius 1 is 1.32 bits per heavy atom. The van der Waals surface area contributed by atoms with Crippen molar-refractivity contribution in [3.8, 4) is 0 Å². The van der Waals surface area contributed by atoms with Crippen LogP contribution in [0.25, 0.3) is 0 Å². The van der Waals surface area contributed by atoms with Gasteiger partial charge in [0.1, 0.15) is 5.82 Å². The number of halogens is 1. The van der Waals surface area contributed by atoms with Crippen molar-refractivity contribution in [2.75, 3.05) is 11.9 Å². The fourth-order valence-corrected chi connectivity index (χ4v) is 2.27. The number of rotatable bonds is 1. The Kier molecular flexibility index (Phi) is 4.14. The van der Waals surface area contributed by atoms with Crippen LogP contribution in [0.4, 0.5) is 10.1 Å². The van der Waals surface area contributed by atoms with Crippen LogP contribution in [0.2, 0.25) is 0 Å². The highest BCUT2D eigenvalue weighted by Crippen LogP contribution is 2.17. The van der Waals surface area contributed by atoms with E-state index in [9.17, 15) is 14.0 Å². The average Bonchev–Trinajstić information content (AvgIpc) is 2.41. The van der Waals surface area contributed by atoms with E-state index in [-0.39, 0.29) is 11.7 Å². The maximum Gasteiger partial charge on any atom is 0.313 e. The number of hydrogen-bond donors (Lipinski definition) is 1. The Balaban J connectivity index is 2.03. The van der Waals surface area contributed by atoms with Crippen LogP contribution in [0.5, 0.6) is 0 Å². The Bertz CT molecular complexity index is 490. The predicted octanol–water partition coefficient (Wildman–Crippen LogP) is 2.17. The van der Waals surface area contributed by atoms with Crippen LogP contribution in [0.3, 0.4) is 0 Å². The number of piperidine rings is 1. The second-order valence-corrected chi connectivity index (χ2v) is 4.78. The minimum absolute atomic E-state index is 0.0329. The smallest absolute Gasteiger partial charge is 0.313 e. The topological polar surface area (TPSA) is 49.4 Å². The van der Waals surface area contributed by atoms with Crippen molar-refractivity contribution in [2.24, 2.45) is 0 Å². The highest BCUT2D eigenvalue weighted by Gasteiger charge is 2.28. The molecule has 1 N–H and O–H groups in total. The Morgan fingerprint density at radius 3 is 2.74 bits per heavy atom. The molecule has 1 fully saturated rings. The van der Waals surface area contributed by atoms with Crippen LogP contribution in [0.15, 0.2) is 24.3 Å². The molecule has 0 aromatic heterocycles. The first-order chi connectivity index (χ1) is 9.09. The molecule has 1 unspecified atom stereocenters. The normalized spacial score (nSPS) is 19.1. The van der Waals surface area contributed by atoms with Crippen LogP contribution < -0.4 is 5.32 Å². The molecule has 19 heavy (non-hydrogen) atoms. The standard InChI is InChI=1S/C14H17FN2O2/c1-10-6-4-5-9-17(10)14(19)13(18)16-12-8-3-2-7-11(12)15/h2-3,7-8,10H,4-6,9H2,1H3,(H,16,18). The number of benzene rings is 1. The summed E-state index contributed by atoms with van der Waals surface area (Å²) in [5, 5.41) is 2.32. The van der Waals surface area contributed by atoms with Crippen LogP contribution in [0, 0.1) is 5.82 Å². The number of amides is 2. The maximum absolute atomic E-state index is 13.4. The molecule has 0 bridgehead atoms. The summed E-state index contributed by atoms with van der Waals surface area (Å²) in [6.07, 6.45) is 2.88. The zero-order valence-corrected chi connectivity index (χ0v) is 10.9. The molecule has 1 atom stereocenters. The van der Waals surface area contributed by atoms with Gasteiger partial charge in [-0.1, -0.05) is 12.1 Å². The van der Waals surface area contributed by atoms with E-state index in [1.165, 1.54) is 18.2 Å². The first-order valence-corrected chi connectivity index (χ1v) is 6.46. The minimum atomic E-state index is -0.779. The molecule has 5 heteroatoms. The Morgan fingerprint density at radius 2 is 2.05 bits per heavy atom. The van der Waals surface area contributed by atoms with Gasteiger partial charge in [0.05, 0.1) is 5.69 Å². The first kappa shape index (κ1) is 13.5. The third-order valence-corrected chi connectivity index (χ3v) is 3.38. The third-order valence-electron chi connectivity index (χ3n) is 3.38. The zero-order valence-electron chi connectivity index (χ0n) is 10.9. The van der Waals surface area contributed by atoms with E-state index in [1.807, 2.05) is 6.92 Å². The van der Waals surface area contributed by atoms with Crippen molar-refractivity contribution < 1.29 is 14.0 Å². The molecular formula is C14H17FN2O2. The lowest BCUT2D eigenvalue weighted by atomic mass is 10.0. The average molecular weight is 264 g/mol. The van der Waals surface area contributed by atoms with Gasteiger partial charge in [0, 0.05) is 12.6 Å². The molecule has 1 aliphatic rings. The van der Waals surface area contributed by atoms with Gasteiger partial charge in [0.25, 0.3) is 0 Å². The van der Waals surface area contributed by atoms with Crippen molar-refractivity contribution in [3.63, 3.8) is 0 Å². The lowest BCUT2D eigenvalue weighted by Gasteiger charge is -2.32. The highest BCUT2D eigenvalue weighted by molar-refractivity contribution is 6.39. The van der Waals surface area contributed by atoms with Gasteiger partial charge in [0.2, 0.25) is 0 Å². The summed E-state index contributed by atoms with van der Waals surface area (Å²) in [5.41, 5.74) is 0.0329. The molecule has 0 aliphatic carbocycles. The van der Waals surface area contributed by atoms with Gasteiger partial charge in [0.15, 0.2) is 0 Å². The van der Waals surface area contributed by atoms with Gasteiger partial charge in [-0.2, -0.15) is 0 Å². The Hall–Kier alpha value is -1.91. The fraction of sp³-hybridized carbons (Fsp3) is 0.429. The lowest BCUT2D eigenvalue weighted by Crippen LogP contribution is -2.47. The molecular weight excluding hydrogens is 247 g/mol. The van der Waals surface area contributed by atoms with Crippen LogP contribution >= 0.6 is 0 Å². The van der Waals surface area contributed by atoms with E-state index in [0.717, 1.165) is 19.3 Å². The van der Waals surface area contributed by atoms with Crippen molar-refractivity contribution in [1.82, 2.24) is 4.90 Å². The molecule has 1 saturated heterocycles. The van der Waals surface area contributed by atoms with Gasteiger partial charge in [-0.25, -0.2) is 4.39 Å². The van der Waals surface area contributed by atoms with Crippen LogP contribution in [-0.4, -0.2) is 29.3 Å². The van der Waals surface area contributed by atoms with Crippen molar-refractivity contribution in [1.29, 1.82) is 0 Å². The van der Waals surface area contributed by atoms with Crippen molar-refractivity contribution in [3.05, 3.63) is 30.1 Å². The molecule has 0 saturated carbocycles. The number of hydrogen-bond acceptors (Lipinski definition) is 2. The first-order valence-electron chi connectivity index (χ1n) is 6.46. The molecule has 1 aromatic carbocycles. The monoisotopic (exact) mass is 264 g/mol. The van der Waals surface area contributed by atoms with E-state index in [0.29, 0.717) is 6.54 Å². The summed E-state index contributed by atoms with van der Waals surface area (Å²) in [6.45, 7) is 2.51. The number of anilines is 1. The SMILES string of the molecule is CC1CCCCN1C(=O)C(=O)Nc1ccccc1F. The third kappa shape index (κ3) is 3.10. The quantitative estimate of drug-likeness (QED) is 0.790. The predicted molar refractivity (Wildman–Crippen MR) is 70.1 cm³/mol. The largest absolute Gasteiger partial charge is 0.332 e. The van der Waals surface area contributed by atoms with Gasteiger partial charge in [-0.15, -0.1) is 0 Å². The number of nitrogens with zero attached hydrogens (tertiary/aromatic N) is 1. The second-order valence-electron chi connectivity index (χ2n) is 4.78. The van der Waals surface area contributed by atoms with Gasteiger partial charge < -0.3 is 10.2 Å². The molecule has 1 aliphatic heterocycles. The molecule has 0 radical (unpaired) electrons. The van der Waals surface area contributed by atoms with Crippen molar-refractivity contribution >= 4 is 17.5 Å². The molecule has 2 rings (SSSR count). The molecule has 2 amide bonds. The molecule has 1 heterocycles. The van der Waals surface area contributed by atoms with E-state index < -0.39 is 17.6 Å². The van der Waals surface area contributed by atoms with Crippen molar-refractivity contribution in [2.45, 2.75) is 32.2 Å². The molecule has 0 spiro atoms. The van der Waals surface area contributed by atoms with Crippen LogP contribution in [-0.2, 0) is 9.59 Å². The summed E-state index contributed by atoms with van der Waals surface area (Å²) in [7, 11) is 0. The van der Waals surface area contributed by atoms with Gasteiger partial charge >= 0.3 is 11.8 Å². The van der Waals surface area contributed by atoms with E-state index >= 15 is 0 Å². The summed E-state index contributed by atoms with van der Waals surface area (Å²) in [5.74, 6) is -1.91. The summed E-state index contributed by atoms with van der Waals surface area (Å²) in [6, 6.07) is 5.86. The number of nitrogens with one attached hydrogen (secondary N) is 1. The lowest BCUT2D eigenvalue weighted by molar-refractivity contribution is -0.145. The number of carbonyl (C=O) groups is 2. The van der Waals surface area contributed by atoms with Crippen LogP contribution in [0.1, 0.15) is 26.2 Å². The fourth-order valence-electron chi connectivity index (χ4n) is 2.27. The molecule has 1 aromatic rings. The summed E-state index contributed by atoms with van der Waals surface area (Å²) >= 11 is 0. The van der Waals surface area contributed by atoms with E-state index in [1.54, 1.807) is 11.0 Å². The molecule has 4 nitrogen and oxygen atoms in total. The Labute approximate surface area is 111 Å². The number of likely N-dealkylation sites (tertiary alicyclic amines) is 1. The summed E-state index contributed by atoms with van der Waals surface area (Å²) < 4.78 is 13.4. The summed E-state index contributed by atoms with van der Waals surface area (Å²) in [4.78, 5) is 25.4. The number of carbonyl (C=O) groups excluding carboxylic acids is 2. The van der Waals surface area contributed by atoms with Gasteiger partial charge in [-0.05, 0) is 38.3 Å². The van der Waals surface area contributed by atoms with Gasteiger partial charge in [-0.3, -0.25) is 9.59 Å².